The average molecular weight is 252 g/mol. The predicted molar refractivity (Wildman–Crippen MR) is 65.5 cm³/mol. The van der Waals surface area contributed by atoms with Gasteiger partial charge in [0.15, 0.2) is 0 Å². The summed E-state index contributed by atoms with van der Waals surface area (Å²) in [5.41, 5.74) is 0.722. The van der Waals surface area contributed by atoms with Gasteiger partial charge in [-0.1, -0.05) is 12.1 Å². The van der Waals surface area contributed by atoms with Crippen LogP contribution < -0.4 is 5.32 Å². The molecule has 0 bridgehead atoms. The maximum absolute atomic E-state index is 11.4. The molecule has 2 amide bonds. The van der Waals surface area contributed by atoms with Gasteiger partial charge >= 0.3 is 12.0 Å². The minimum absolute atomic E-state index is 0.114. The first kappa shape index (κ1) is 13.8. The molecule has 18 heavy (non-hydrogen) atoms. The second kappa shape index (κ2) is 5.90. The van der Waals surface area contributed by atoms with Crippen molar-refractivity contribution in [3.05, 3.63) is 29.8 Å². The van der Waals surface area contributed by atoms with Crippen molar-refractivity contribution in [3.63, 3.8) is 0 Å². The fraction of sp³-hybridized carbons (Fsp3) is 0.333. The number of hydrogen-bond acceptors (Lipinski definition) is 3. The highest BCUT2D eigenvalue weighted by molar-refractivity contribution is 5.82. The zero-order valence-electron chi connectivity index (χ0n) is 10.3. The van der Waals surface area contributed by atoms with E-state index in [0.29, 0.717) is 0 Å². The Hall–Kier alpha value is -2.24. The van der Waals surface area contributed by atoms with Gasteiger partial charge in [-0.2, -0.15) is 0 Å². The van der Waals surface area contributed by atoms with Gasteiger partial charge in [0, 0.05) is 20.5 Å². The van der Waals surface area contributed by atoms with E-state index in [0.717, 1.165) is 5.56 Å². The highest BCUT2D eigenvalue weighted by Crippen LogP contribution is 2.11. The molecule has 1 unspecified atom stereocenters. The summed E-state index contributed by atoms with van der Waals surface area (Å²) < 4.78 is 0. The Morgan fingerprint density at radius 2 is 1.83 bits per heavy atom. The Morgan fingerprint density at radius 3 is 2.28 bits per heavy atom. The largest absolute Gasteiger partial charge is 0.508 e. The number of benzene rings is 1. The third kappa shape index (κ3) is 3.97. The van der Waals surface area contributed by atoms with Crippen molar-refractivity contribution in [2.45, 2.75) is 12.5 Å². The third-order valence-corrected chi connectivity index (χ3v) is 2.38. The van der Waals surface area contributed by atoms with Gasteiger partial charge in [0.1, 0.15) is 11.8 Å². The molecule has 1 atom stereocenters. The smallest absolute Gasteiger partial charge is 0.326 e. The van der Waals surface area contributed by atoms with Crippen LogP contribution in [-0.4, -0.2) is 47.3 Å². The predicted octanol–water partition coefficient (Wildman–Crippen LogP) is 0.659. The van der Waals surface area contributed by atoms with E-state index < -0.39 is 18.0 Å². The van der Waals surface area contributed by atoms with Crippen LogP contribution >= 0.6 is 0 Å². The van der Waals surface area contributed by atoms with Gasteiger partial charge in [-0.3, -0.25) is 0 Å². The quantitative estimate of drug-likeness (QED) is 0.734. The molecule has 6 nitrogen and oxygen atoms in total. The van der Waals surface area contributed by atoms with Crippen molar-refractivity contribution < 1.29 is 19.8 Å². The molecule has 0 radical (unpaired) electrons. The van der Waals surface area contributed by atoms with Crippen LogP contribution in [0, 0.1) is 0 Å². The standard InChI is InChI=1S/C12H16N2O4/c1-14(2)12(18)13-10(11(16)17)7-8-3-5-9(15)6-4-8/h3-6,10,15H,7H2,1-2H3,(H,13,18)(H,16,17). The molecule has 0 aromatic heterocycles. The van der Waals surface area contributed by atoms with Crippen molar-refractivity contribution in [2.24, 2.45) is 0 Å². The molecule has 98 valence electrons. The second-order valence-electron chi connectivity index (χ2n) is 4.11. The fourth-order valence-corrected chi connectivity index (χ4v) is 1.35. The number of carboxylic acids is 1. The van der Waals surface area contributed by atoms with Crippen LogP contribution in [0.3, 0.4) is 0 Å². The number of rotatable bonds is 4. The summed E-state index contributed by atoms with van der Waals surface area (Å²) in [6, 6.07) is 4.73. The van der Waals surface area contributed by atoms with Crippen molar-refractivity contribution in [2.75, 3.05) is 14.1 Å². The number of phenolic OH excluding ortho intramolecular Hbond substituents is 1. The van der Waals surface area contributed by atoms with Crippen LogP contribution in [0.5, 0.6) is 5.75 Å². The van der Waals surface area contributed by atoms with Gasteiger partial charge in [-0.25, -0.2) is 9.59 Å². The second-order valence-corrected chi connectivity index (χ2v) is 4.11. The van der Waals surface area contributed by atoms with Crippen molar-refractivity contribution >= 4 is 12.0 Å². The number of carbonyl (C=O) groups is 2. The molecule has 3 N–H and O–H groups in total. The summed E-state index contributed by atoms with van der Waals surface area (Å²) in [5, 5.41) is 20.6. The molecule has 0 fully saturated rings. The summed E-state index contributed by atoms with van der Waals surface area (Å²) in [5.74, 6) is -0.985. The molecular formula is C12H16N2O4. The maximum atomic E-state index is 11.4. The van der Waals surface area contributed by atoms with Crippen LogP contribution in [0.1, 0.15) is 5.56 Å². The Labute approximate surface area is 105 Å². The molecule has 1 aromatic rings. The molecule has 0 aliphatic rings. The number of phenols is 1. The van der Waals surface area contributed by atoms with Crippen LogP contribution in [0.15, 0.2) is 24.3 Å². The van der Waals surface area contributed by atoms with Crippen molar-refractivity contribution in [1.29, 1.82) is 0 Å². The number of aromatic hydroxyl groups is 1. The Kier molecular flexibility index (Phi) is 4.53. The molecule has 0 aliphatic carbocycles. The average Bonchev–Trinajstić information content (AvgIpc) is 2.30. The Bertz CT molecular complexity index is 428. The number of nitrogens with zero attached hydrogens (tertiary/aromatic N) is 1. The minimum atomic E-state index is -1.10. The number of urea groups is 1. The molecule has 0 spiro atoms. The summed E-state index contributed by atoms with van der Waals surface area (Å²) in [7, 11) is 3.07. The van der Waals surface area contributed by atoms with Crippen LogP contribution in [0.2, 0.25) is 0 Å². The summed E-state index contributed by atoms with van der Waals surface area (Å²) in [6.45, 7) is 0. The lowest BCUT2D eigenvalue weighted by molar-refractivity contribution is -0.139. The highest BCUT2D eigenvalue weighted by Gasteiger charge is 2.21. The topological polar surface area (TPSA) is 89.9 Å². The third-order valence-electron chi connectivity index (χ3n) is 2.38. The number of hydrogen-bond donors (Lipinski definition) is 3. The molecule has 1 rings (SSSR count). The zero-order chi connectivity index (χ0) is 13.7. The van der Waals surface area contributed by atoms with E-state index in [-0.39, 0.29) is 12.2 Å². The van der Waals surface area contributed by atoms with E-state index in [9.17, 15) is 9.59 Å². The molecule has 6 heteroatoms. The van der Waals surface area contributed by atoms with E-state index in [2.05, 4.69) is 5.32 Å². The van der Waals surface area contributed by atoms with Gasteiger partial charge in [-0.15, -0.1) is 0 Å². The molecule has 1 aromatic carbocycles. The van der Waals surface area contributed by atoms with Gasteiger partial charge in [0.25, 0.3) is 0 Å². The first-order chi connectivity index (χ1) is 8.40. The molecule has 0 aliphatic heterocycles. The van der Waals surface area contributed by atoms with E-state index in [1.165, 1.54) is 31.1 Å². The van der Waals surface area contributed by atoms with Crippen molar-refractivity contribution in [3.8, 4) is 5.75 Å². The molecule has 0 saturated heterocycles. The lowest BCUT2D eigenvalue weighted by atomic mass is 10.1. The van der Waals surface area contributed by atoms with Crippen molar-refractivity contribution in [1.82, 2.24) is 10.2 Å². The van der Waals surface area contributed by atoms with Gasteiger partial charge < -0.3 is 20.4 Å². The summed E-state index contributed by atoms with van der Waals surface area (Å²) >= 11 is 0. The van der Waals surface area contributed by atoms with E-state index in [1.54, 1.807) is 12.1 Å². The van der Waals surface area contributed by atoms with Crippen LogP contribution in [-0.2, 0) is 11.2 Å². The van der Waals surface area contributed by atoms with E-state index >= 15 is 0 Å². The van der Waals surface area contributed by atoms with Gasteiger partial charge in [0.05, 0.1) is 0 Å². The van der Waals surface area contributed by atoms with Crippen LogP contribution in [0.4, 0.5) is 4.79 Å². The number of nitrogens with one attached hydrogen (secondary N) is 1. The molecular weight excluding hydrogens is 236 g/mol. The Morgan fingerprint density at radius 1 is 1.28 bits per heavy atom. The van der Waals surface area contributed by atoms with Gasteiger partial charge in [0.2, 0.25) is 0 Å². The first-order valence-electron chi connectivity index (χ1n) is 5.38. The van der Waals surface area contributed by atoms with Crippen LogP contribution in [0.25, 0.3) is 0 Å². The monoisotopic (exact) mass is 252 g/mol. The van der Waals surface area contributed by atoms with Gasteiger partial charge in [-0.05, 0) is 17.7 Å². The zero-order valence-corrected chi connectivity index (χ0v) is 10.3. The fourth-order valence-electron chi connectivity index (χ4n) is 1.35. The summed E-state index contributed by atoms with van der Waals surface area (Å²) in [6.07, 6.45) is 0.162. The number of carbonyl (C=O) groups excluding carboxylic acids is 1. The first-order valence-corrected chi connectivity index (χ1v) is 5.38. The number of aliphatic carboxylic acids is 1. The lowest BCUT2D eigenvalue weighted by Crippen LogP contribution is -2.46. The molecule has 0 saturated carbocycles. The normalized spacial score (nSPS) is 11.7. The lowest BCUT2D eigenvalue weighted by Gasteiger charge is -2.18. The SMILES string of the molecule is CN(C)C(=O)NC(Cc1ccc(O)cc1)C(=O)O. The van der Waals surface area contributed by atoms with E-state index in [4.69, 9.17) is 10.2 Å². The highest BCUT2D eigenvalue weighted by atomic mass is 16.4. The van der Waals surface area contributed by atoms with E-state index in [1.807, 2.05) is 0 Å². The minimum Gasteiger partial charge on any atom is -0.508 e. The number of carboxylic acid groups (broad SMARTS) is 1. The summed E-state index contributed by atoms with van der Waals surface area (Å²) in [4.78, 5) is 23.7. The maximum Gasteiger partial charge on any atom is 0.326 e. The molecule has 0 heterocycles. The number of amides is 2. The Balaban J connectivity index is 2.72.